The Bertz CT molecular complexity index is 915. The monoisotopic (exact) mass is 372 g/mol. The number of rotatable bonds is 7. The van der Waals surface area contributed by atoms with Crippen molar-refractivity contribution >= 4 is 29.3 Å². The van der Waals surface area contributed by atoms with E-state index in [0.717, 1.165) is 11.1 Å². The van der Waals surface area contributed by atoms with Crippen molar-refractivity contribution in [2.45, 2.75) is 33.7 Å². The maximum absolute atomic E-state index is 12.4. The summed E-state index contributed by atoms with van der Waals surface area (Å²) < 4.78 is 0. The summed E-state index contributed by atoms with van der Waals surface area (Å²) in [6.07, 6.45) is 0. The molecule has 9 heteroatoms. The molecule has 0 unspecified atom stereocenters. The summed E-state index contributed by atoms with van der Waals surface area (Å²) in [7, 11) is 0. The standard InChI is InChI=1S/C18H24N6O3/c1-8(2)13(15(20)26)22-18-23-16(12(14(19)25)17(27)24-18)21-11-6-9(3)5-10(4)7-11/h5-8,13H,1-4H3,(H2,19,25)(H2,20,26)(H3,21,22,23,24,27)/t13-/m1/s1. The minimum absolute atomic E-state index is 0.00859. The van der Waals surface area contributed by atoms with Gasteiger partial charge >= 0.3 is 0 Å². The van der Waals surface area contributed by atoms with Crippen LogP contribution in [-0.2, 0) is 4.79 Å². The minimum atomic E-state index is -0.919. The molecule has 144 valence electrons. The molecular formula is C18H24N6O3. The van der Waals surface area contributed by atoms with Crippen molar-refractivity contribution in [1.82, 2.24) is 9.97 Å². The van der Waals surface area contributed by atoms with Gasteiger partial charge in [0.25, 0.3) is 11.5 Å². The molecule has 27 heavy (non-hydrogen) atoms. The van der Waals surface area contributed by atoms with Gasteiger partial charge in [-0.05, 0) is 43.0 Å². The second-order valence-corrected chi connectivity index (χ2v) is 6.77. The molecule has 9 nitrogen and oxygen atoms in total. The molecule has 2 rings (SSSR count). The van der Waals surface area contributed by atoms with Crippen LogP contribution in [0.1, 0.15) is 35.3 Å². The molecule has 0 saturated heterocycles. The van der Waals surface area contributed by atoms with Gasteiger partial charge in [-0.25, -0.2) is 0 Å². The SMILES string of the molecule is Cc1cc(C)cc(Nc2nc(N[C@@H](C(N)=O)C(C)C)[nH]c(=O)c2C(N)=O)c1. The number of aromatic amines is 1. The third-order valence-corrected chi connectivity index (χ3v) is 3.92. The molecule has 1 atom stereocenters. The number of hydrogen-bond acceptors (Lipinski definition) is 6. The number of carbonyl (C=O) groups is 2. The van der Waals surface area contributed by atoms with Crippen molar-refractivity contribution in [2.75, 3.05) is 10.6 Å². The smallest absolute Gasteiger partial charge is 0.267 e. The normalized spacial score (nSPS) is 11.9. The van der Waals surface area contributed by atoms with E-state index in [1.807, 2.05) is 32.0 Å². The van der Waals surface area contributed by atoms with Gasteiger partial charge in [0, 0.05) is 5.69 Å². The number of amides is 2. The average Bonchev–Trinajstić information content (AvgIpc) is 2.50. The van der Waals surface area contributed by atoms with Crippen LogP contribution in [0.4, 0.5) is 17.5 Å². The molecule has 0 aliphatic rings. The maximum Gasteiger partial charge on any atom is 0.267 e. The van der Waals surface area contributed by atoms with Crippen molar-refractivity contribution in [3.63, 3.8) is 0 Å². The summed E-state index contributed by atoms with van der Waals surface area (Å²) in [6.45, 7) is 7.44. The Kier molecular flexibility index (Phi) is 5.84. The highest BCUT2D eigenvalue weighted by Crippen LogP contribution is 2.21. The third kappa shape index (κ3) is 4.84. The first-order chi connectivity index (χ1) is 12.6. The first-order valence-corrected chi connectivity index (χ1v) is 8.43. The number of aryl methyl sites for hydroxylation is 2. The zero-order valence-electron chi connectivity index (χ0n) is 15.7. The molecule has 1 heterocycles. The zero-order valence-corrected chi connectivity index (χ0v) is 15.7. The predicted molar refractivity (Wildman–Crippen MR) is 104 cm³/mol. The first-order valence-electron chi connectivity index (χ1n) is 8.43. The summed E-state index contributed by atoms with van der Waals surface area (Å²) in [4.78, 5) is 42.4. The van der Waals surface area contributed by atoms with Gasteiger partial charge in [-0.1, -0.05) is 19.9 Å². The van der Waals surface area contributed by atoms with Gasteiger partial charge in [0.1, 0.15) is 11.6 Å². The maximum atomic E-state index is 12.4. The van der Waals surface area contributed by atoms with Crippen LogP contribution in [0, 0.1) is 19.8 Å². The molecule has 0 aliphatic heterocycles. The van der Waals surface area contributed by atoms with Crippen LogP contribution >= 0.6 is 0 Å². The van der Waals surface area contributed by atoms with E-state index in [1.165, 1.54) is 0 Å². The van der Waals surface area contributed by atoms with E-state index in [-0.39, 0.29) is 23.2 Å². The van der Waals surface area contributed by atoms with Crippen molar-refractivity contribution in [3.8, 4) is 0 Å². The Morgan fingerprint density at radius 3 is 2.19 bits per heavy atom. The summed E-state index contributed by atoms with van der Waals surface area (Å²) in [5.41, 5.74) is 12.3. The number of nitrogens with two attached hydrogens (primary N) is 2. The molecule has 0 aliphatic carbocycles. The van der Waals surface area contributed by atoms with E-state index in [9.17, 15) is 14.4 Å². The number of aromatic nitrogens is 2. The Balaban J connectivity index is 2.50. The Labute approximate surface area is 156 Å². The number of carbonyl (C=O) groups excluding carboxylic acids is 2. The number of benzene rings is 1. The number of primary amides is 2. The van der Waals surface area contributed by atoms with Gasteiger partial charge in [0.2, 0.25) is 11.9 Å². The second-order valence-electron chi connectivity index (χ2n) is 6.77. The van der Waals surface area contributed by atoms with Crippen molar-refractivity contribution in [3.05, 3.63) is 45.2 Å². The number of nitrogens with one attached hydrogen (secondary N) is 3. The quantitative estimate of drug-likeness (QED) is 0.491. The van der Waals surface area contributed by atoms with Crippen LogP contribution in [0.15, 0.2) is 23.0 Å². The highest BCUT2D eigenvalue weighted by molar-refractivity contribution is 5.98. The van der Waals surface area contributed by atoms with Crippen LogP contribution in [0.5, 0.6) is 0 Å². The number of anilines is 3. The fourth-order valence-corrected chi connectivity index (χ4v) is 2.76. The largest absolute Gasteiger partial charge is 0.368 e. The van der Waals surface area contributed by atoms with Crippen LogP contribution in [0.25, 0.3) is 0 Å². The molecule has 0 fully saturated rings. The van der Waals surface area contributed by atoms with Crippen LogP contribution in [0.2, 0.25) is 0 Å². The average molecular weight is 372 g/mol. The van der Waals surface area contributed by atoms with E-state index < -0.39 is 23.4 Å². The highest BCUT2D eigenvalue weighted by Gasteiger charge is 2.22. The van der Waals surface area contributed by atoms with E-state index in [2.05, 4.69) is 20.6 Å². The summed E-state index contributed by atoms with van der Waals surface area (Å²) >= 11 is 0. The lowest BCUT2D eigenvalue weighted by Crippen LogP contribution is -2.40. The Hall–Kier alpha value is -3.36. The molecule has 0 saturated carbocycles. The van der Waals surface area contributed by atoms with Gasteiger partial charge in [-0.2, -0.15) is 4.98 Å². The lowest BCUT2D eigenvalue weighted by molar-refractivity contribution is -0.119. The zero-order chi connectivity index (χ0) is 20.3. The molecule has 2 amide bonds. The van der Waals surface area contributed by atoms with E-state index in [1.54, 1.807) is 13.8 Å². The van der Waals surface area contributed by atoms with Crippen LogP contribution < -0.4 is 27.7 Å². The predicted octanol–water partition coefficient (Wildman–Crippen LogP) is 1.15. The van der Waals surface area contributed by atoms with E-state index in [4.69, 9.17) is 11.5 Å². The second kappa shape index (κ2) is 7.90. The number of H-pyrrole nitrogens is 1. The fraction of sp³-hybridized carbons (Fsp3) is 0.333. The lowest BCUT2D eigenvalue weighted by Gasteiger charge is -2.20. The molecule has 0 radical (unpaired) electrons. The molecule has 0 spiro atoms. The van der Waals surface area contributed by atoms with Gasteiger partial charge < -0.3 is 22.1 Å². The van der Waals surface area contributed by atoms with Gasteiger partial charge in [0.05, 0.1) is 0 Å². The summed E-state index contributed by atoms with van der Waals surface area (Å²) in [5, 5.41) is 5.76. The third-order valence-electron chi connectivity index (χ3n) is 3.92. The van der Waals surface area contributed by atoms with Gasteiger partial charge in [-0.15, -0.1) is 0 Å². The molecule has 1 aromatic carbocycles. The van der Waals surface area contributed by atoms with Crippen LogP contribution in [0.3, 0.4) is 0 Å². The lowest BCUT2D eigenvalue weighted by atomic mass is 10.0. The Morgan fingerprint density at radius 1 is 1.11 bits per heavy atom. The van der Waals surface area contributed by atoms with Crippen molar-refractivity contribution in [1.29, 1.82) is 0 Å². The summed E-state index contributed by atoms with van der Waals surface area (Å²) in [6, 6.07) is 4.92. The number of hydrogen-bond donors (Lipinski definition) is 5. The highest BCUT2D eigenvalue weighted by atomic mass is 16.2. The molecule has 7 N–H and O–H groups in total. The van der Waals surface area contributed by atoms with Crippen molar-refractivity contribution in [2.24, 2.45) is 17.4 Å². The molecule has 0 bridgehead atoms. The van der Waals surface area contributed by atoms with Gasteiger partial charge in [0.15, 0.2) is 5.82 Å². The topological polar surface area (TPSA) is 156 Å². The minimum Gasteiger partial charge on any atom is -0.368 e. The van der Waals surface area contributed by atoms with Crippen molar-refractivity contribution < 1.29 is 9.59 Å². The van der Waals surface area contributed by atoms with Crippen LogP contribution in [-0.4, -0.2) is 27.8 Å². The molecule has 2 aromatic rings. The fourth-order valence-electron chi connectivity index (χ4n) is 2.76. The molecular weight excluding hydrogens is 348 g/mol. The number of nitrogens with zero attached hydrogens (tertiary/aromatic N) is 1. The molecule has 1 aromatic heterocycles. The first kappa shape index (κ1) is 20.0. The Morgan fingerprint density at radius 2 is 1.70 bits per heavy atom. The van der Waals surface area contributed by atoms with E-state index >= 15 is 0 Å². The van der Waals surface area contributed by atoms with E-state index in [0.29, 0.717) is 5.69 Å². The summed E-state index contributed by atoms with van der Waals surface area (Å²) in [5.74, 6) is -1.65. The van der Waals surface area contributed by atoms with Gasteiger partial charge in [-0.3, -0.25) is 19.4 Å².